The first-order chi connectivity index (χ1) is 5.75. The Kier molecular flexibility index (Phi) is 2.88. The first-order valence-corrected chi connectivity index (χ1v) is 4.25. The van der Waals surface area contributed by atoms with Crippen LogP contribution in [0, 0.1) is 0 Å². The minimum absolute atomic E-state index is 0.619. The quantitative estimate of drug-likeness (QED) is 0.558. The third kappa shape index (κ3) is 1.80. The molecule has 0 aliphatic rings. The van der Waals surface area contributed by atoms with Gasteiger partial charge < -0.3 is 4.55 Å². The Morgan fingerprint density at radius 2 is 1.29 bits per heavy atom. The highest BCUT2D eigenvalue weighted by atomic mass is 32.2. The van der Waals surface area contributed by atoms with E-state index in [0.29, 0.717) is 0 Å². The molecule has 0 saturated heterocycles. The molecule has 10 heteroatoms. The summed E-state index contributed by atoms with van der Waals surface area (Å²) in [6, 6.07) is 0. The van der Waals surface area contributed by atoms with Gasteiger partial charge in [-0.25, -0.2) is 8.42 Å². The van der Waals surface area contributed by atoms with Crippen molar-refractivity contribution < 1.29 is 39.3 Å². The van der Waals surface area contributed by atoms with Crippen LogP contribution in [-0.2, 0) is 10.1 Å². The molecule has 14 heavy (non-hydrogen) atoms. The molecule has 3 nitrogen and oxygen atoms in total. The molecule has 0 unspecified atom stereocenters. The van der Waals surface area contributed by atoms with E-state index in [2.05, 4.69) is 0 Å². The summed E-state index contributed by atoms with van der Waals surface area (Å²) in [5, 5.41) is -6.35. The summed E-state index contributed by atoms with van der Waals surface area (Å²) in [6.07, 6.45) is 0. The van der Waals surface area contributed by atoms with Crippen LogP contribution in [0.15, 0.2) is 0 Å². The van der Waals surface area contributed by atoms with Crippen LogP contribution in [0.5, 0.6) is 0 Å². The summed E-state index contributed by atoms with van der Waals surface area (Å²) in [5.74, 6) is -11.6. The van der Waals surface area contributed by atoms with Crippen LogP contribution in [0.3, 0.4) is 0 Å². The number of alkyl halides is 6. The molecule has 0 heterocycles. The van der Waals surface area contributed by atoms with Gasteiger partial charge in [-0.3, -0.25) is 0 Å². The van der Waals surface area contributed by atoms with E-state index in [1.165, 1.54) is 0 Å². The third-order valence-electron chi connectivity index (χ3n) is 1.23. The van der Waals surface area contributed by atoms with E-state index >= 15 is 0 Å². The zero-order valence-corrected chi connectivity index (χ0v) is 7.22. The highest BCUT2D eigenvalue weighted by Crippen LogP contribution is 2.47. The molecule has 0 radical (unpaired) electrons. The van der Waals surface area contributed by atoms with Crippen molar-refractivity contribution in [2.75, 3.05) is 0 Å². The summed E-state index contributed by atoms with van der Waals surface area (Å²) < 4.78 is 101. The normalized spacial score (nSPS) is 15.7. The number of rotatable bonds is 3. The largest absolute Gasteiger partial charge is 0.743 e. The van der Waals surface area contributed by atoms with E-state index in [9.17, 15) is 39.3 Å². The number of halogens is 6. The maximum absolute atomic E-state index is 12.1. The van der Waals surface area contributed by atoms with Crippen molar-refractivity contribution in [3.05, 3.63) is 0 Å². The van der Waals surface area contributed by atoms with E-state index in [-0.39, 0.29) is 0 Å². The van der Waals surface area contributed by atoms with Crippen molar-refractivity contribution in [2.24, 2.45) is 0 Å². The Morgan fingerprint density at radius 1 is 1.00 bits per heavy atom. The minimum atomic E-state index is -6.86. The summed E-state index contributed by atoms with van der Waals surface area (Å²) >= 11 is 0. The molecule has 0 rings (SSSR count). The van der Waals surface area contributed by atoms with Crippen molar-refractivity contribution in [1.82, 2.24) is 0 Å². The molecule has 0 spiro atoms. The van der Waals surface area contributed by atoms with Gasteiger partial charge in [0.1, 0.15) is 0 Å². The Bertz CT molecular complexity index is 314. The number of hydrogen-bond donors (Lipinski definition) is 0. The highest BCUT2D eigenvalue weighted by Gasteiger charge is 2.72. The van der Waals surface area contributed by atoms with Gasteiger partial charge in [0.25, 0.3) is 0 Å². The molecule has 0 bridgehead atoms. The van der Waals surface area contributed by atoms with Crippen molar-refractivity contribution in [1.29, 1.82) is 0 Å². The second-order valence-electron chi connectivity index (χ2n) is 2.43. The maximum atomic E-state index is 12.1. The second-order valence-corrected chi connectivity index (χ2v) is 3.85. The Morgan fingerprint density at radius 3 is 1.36 bits per heavy atom. The van der Waals surface area contributed by atoms with E-state index in [1.807, 2.05) is 0 Å². The van der Waals surface area contributed by atoms with Gasteiger partial charge in [-0.05, 0) is 0 Å². The zero-order chi connectivity index (χ0) is 12.0. The maximum Gasteiger partial charge on any atom is 0.402 e. The SMILES string of the molecule is CC(F)(F)C(F)(F)C(F)(F)S(=O)(=O)[O-]. The highest BCUT2D eigenvalue weighted by molar-refractivity contribution is 7.86. The van der Waals surface area contributed by atoms with Crippen LogP contribution < -0.4 is 0 Å². The lowest BCUT2D eigenvalue weighted by molar-refractivity contribution is -0.273. The van der Waals surface area contributed by atoms with Crippen LogP contribution >= 0.6 is 0 Å². The van der Waals surface area contributed by atoms with Gasteiger partial charge in [-0.1, -0.05) is 0 Å². The molecule has 0 saturated carbocycles. The van der Waals surface area contributed by atoms with Gasteiger partial charge in [0.15, 0.2) is 10.1 Å². The Hall–Kier alpha value is -0.510. The summed E-state index contributed by atoms with van der Waals surface area (Å²) in [6.45, 7) is -0.619. The molecule has 0 N–H and O–H groups in total. The van der Waals surface area contributed by atoms with E-state index in [1.54, 1.807) is 0 Å². The first-order valence-electron chi connectivity index (χ1n) is 2.84. The smallest absolute Gasteiger partial charge is 0.402 e. The Labute approximate surface area is 74.5 Å². The lowest BCUT2D eigenvalue weighted by Crippen LogP contribution is -2.56. The third-order valence-corrected chi connectivity index (χ3v) is 2.12. The molecule has 0 amide bonds. The average molecular weight is 245 g/mol. The molecule has 0 aromatic rings. The van der Waals surface area contributed by atoms with Crippen LogP contribution in [0.1, 0.15) is 6.92 Å². The van der Waals surface area contributed by atoms with Gasteiger partial charge in [0, 0.05) is 6.92 Å². The van der Waals surface area contributed by atoms with Crippen molar-refractivity contribution >= 4 is 10.1 Å². The second kappa shape index (κ2) is 2.99. The molecular formula is C4H3F6O3S-. The van der Waals surface area contributed by atoms with Gasteiger partial charge in [-0.15, -0.1) is 0 Å². The summed E-state index contributed by atoms with van der Waals surface area (Å²) in [7, 11) is -6.86. The molecule has 0 aromatic carbocycles. The average Bonchev–Trinajstić information content (AvgIpc) is 1.81. The van der Waals surface area contributed by atoms with Gasteiger partial charge in [0.05, 0.1) is 0 Å². The fraction of sp³-hybridized carbons (Fsp3) is 1.00. The van der Waals surface area contributed by atoms with E-state index in [0.717, 1.165) is 0 Å². The Balaban J connectivity index is 5.54. The van der Waals surface area contributed by atoms with Crippen LogP contribution in [0.2, 0.25) is 0 Å². The van der Waals surface area contributed by atoms with Crippen LogP contribution in [0.4, 0.5) is 26.3 Å². The standard InChI is InChI=1S/C4H4F6O3S/c1-2(5,6)3(7,8)4(9,10)14(11,12)13/h1H3,(H,11,12,13)/p-1. The monoisotopic (exact) mass is 245 g/mol. The lowest BCUT2D eigenvalue weighted by atomic mass is 10.2. The van der Waals surface area contributed by atoms with Gasteiger partial charge >= 0.3 is 17.1 Å². The predicted octanol–water partition coefficient (Wildman–Crippen LogP) is 1.41. The molecule has 0 atom stereocenters. The first kappa shape index (κ1) is 13.5. The van der Waals surface area contributed by atoms with Crippen LogP contribution in [-0.4, -0.2) is 30.1 Å². The molecule has 0 aliphatic carbocycles. The van der Waals surface area contributed by atoms with Crippen molar-refractivity contribution in [3.8, 4) is 0 Å². The summed E-state index contributed by atoms with van der Waals surface area (Å²) in [5.41, 5.74) is 0. The molecular weight excluding hydrogens is 242 g/mol. The minimum Gasteiger partial charge on any atom is -0.743 e. The van der Waals surface area contributed by atoms with Gasteiger partial charge in [-0.2, -0.15) is 26.3 Å². The van der Waals surface area contributed by atoms with Crippen molar-refractivity contribution in [2.45, 2.75) is 24.0 Å². The predicted molar refractivity (Wildman–Crippen MR) is 30.2 cm³/mol. The molecule has 86 valence electrons. The fourth-order valence-electron chi connectivity index (χ4n) is 0.413. The lowest BCUT2D eigenvalue weighted by Gasteiger charge is -2.31. The fourth-order valence-corrected chi connectivity index (χ4v) is 0.906. The topological polar surface area (TPSA) is 57.2 Å². The summed E-state index contributed by atoms with van der Waals surface area (Å²) in [4.78, 5) is 0. The zero-order valence-electron chi connectivity index (χ0n) is 6.40. The molecule has 0 aliphatic heterocycles. The van der Waals surface area contributed by atoms with E-state index < -0.39 is 34.1 Å². The van der Waals surface area contributed by atoms with Gasteiger partial charge in [0.2, 0.25) is 0 Å². The number of hydrogen-bond acceptors (Lipinski definition) is 3. The molecule has 0 fully saturated rings. The van der Waals surface area contributed by atoms with E-state index in [4.69, 9.17) is 0 Å². The van der Waals surface area contributed by atoms with Crippen molar-refractivity contribution in [3.63, 3.8) is 0 Å². The molecule has 0 aromatic heterocycles. The van der Waals surface area contributed by atoms with Crippen LogP contribution in [0.25, 0.3) is 0 Å².